The largest absolute Gasteiger partial charge is 0.493 e. The van der Waals surface area contributed by atoms with Gasteiger partial charge in [0.15, 0.2) is 11.5 Å². The average molecular weight is 955 g/mol. The lowest BCUT2D eigenvalue weighted by atomic mass is 9.91. The number of halogens is 3. The number of likely N-dealkylation sites (N-methyl/N-ethyl adjacent to an activating group) is 1. The summed E-state index contributed by atoms with van der Waals surface area (Å²) in [7, 11) is 3.25. The van der Waals surface area contributed by atoms with Crippen molar-refractivity contribution in [2.75, 3.05) is 82.5 Å². The summed E-state index contributed by atoms with van der Waals surface area (Å²) in [6.45, 7) is 10.4. The number of alkyl halides is 3. The minimum atomic E-state index is -4.55. The topological polar surface area (TPSA) is 188 Å². The van der Waals surface area contributed by atoms with Crippen molar-refractivity contribution in [1.29, 1.82) is 0 Å². The van der Waals surface area contributed by atoms with Crippen molar-refractivity contribution in [3.8, 4) is 11.5 Å². The number of nitrogens with two attached hydrogens (primary N) is 1. The van der Waals surface area contributed by atoms with Gasteiger partial charge in [0.1, 0.15) is 17.7 Å². The summed E-state index contributed by atoms with van der Waals surface area (Å²) in [4.78, 5) is 69.0. The molecule has 3 atom stereocenters. The molecule has 0 bridgehead atoms. The van der Waals surface area contributed by atoms with Crippen LogP contribution < -0.4 is 36.1 Å². The van der Waals surface area contributed by atoms with Crippen LogP contribution in [0.4, 0.5) is 30.4 Å². The number of piperidine rings is 2. The van der Waals surface area contributed by atoms with E-state index in [2.05, 4.69) is 46.7 Å². The number of hydrogen-bond donors (Lipinski definition) is 4. The van der Waals surface area contributed by atoms with Crippen LogP contribution in [-0.2, 0) is 27.1 Å². The molecular formula is C50H61F3N10O6. The van der Waals surface area contributed by atoms with E-state index in [-0.39, 0.29) is 41.3 Å². The third-order valence-electron chi connectivity index (χ3n) is 14.8. The van der Waals surface area contributed by atoms with Crippen LogP contribution in [0.2, 0.25) is 0 Å². The van der Waals surface area contributed by atoms with Crippen LogP contribution in [-0.4, -0.2) is 127 Å². The standard InChI is InChI=1S/C50H61F3N10O6/c1-29(32-19-34(50(51,52)53)22-35(54)20-32)56-45-38-23-43(42(68-4)24-39(38)57-30(2)58-45)69-28-49(11-12-49)25-41(46(65)55-3)62-13-9-31(10-14-62)26-60-15-17-61(18-16-60)36-5-6-37-33(21-36)27-63(48(37)67)40-7-8-44(64)59-47(40)66/h5-6,19-24,29,31,40-41H,7-18,25-28,54H2,1-4H3,(H,55,65)(H,56,57,58)(H,59,64,66)/t29-,40?,41?/m1/s1. The Labute approximate surface area is 399 Å². The van der Waals surface area contributed by atoms with Crippen LogP contribution in [0.5, 0.6) is 11.5 Å². The SMILES string of the molecule is CNC(=O)C(CC1(COc2cc3c(N[C@H](C)c4cc(N)cc(C(F)(F)F)c4)nc(C)nc3cc2OC)CC1)N1CCC(CN2CCN(c3ccc4c(c3)CN(C3CCC(=O)NC3=O)C4=O)CC2)CC1. The zero-order valence-electron chi connectivity index (χ0n) is 39.6. The van der Waals surface area contributed by atoms with E-state index in [1.54, 1.807) is 45.0 Å². The van der Waals surface area contributed by atoms with E-state index in [9.17, 15) is 32.3 Å². The molecule has 1 aromatic heterocycles. The van der Waals surface area contributed by atoms with E-state index in [1.165, 1.54) is 6.07 Å². The van der Waals surface area contributed by atoms with Gasteiger partial charge in [-0.25, -0.2) is 9.97 Å². The van der Waals surface area contributed by atoms with Crippen molar-refractivity contribution < 1.29 is 41.8 Å². The molecule has 5 aliphatic rings. The molecule has 0 radical (unpaired) electrons. The molecule has 69 heavy (non-hydrogen) atoms. The van der Waals surface area contributed by atoms with E-state index >= 15 is 0 Å². The Kier molecular flexibility index (Phi) is 13.4. The summed E-state index contributed by atoms with van der Waals surface area (Å²) in [5, 5.41) is 9.18. The lowest BCUT2D eigenvalue weighted by molar-refractivity contribution is -0.138. The van der Waals surface area contributed by atoms with Crippen LogP contribution in [0, 0.1) is 18.3 Å². The maximum absolute atomic E-state index is 13.6. The highest BCUT2D eigenvalue weighted by Gasteiger charge is 2.48. The molecule has 5 heterocycles. The normalized spacial score (nSPS) is 20.9. The van der Waals surface area contributed by atoms with E-state index in [4.69, 9.17) is 15.2 Å². The number of fused-ring (bicyclic) bond motifs is 2. The number of imide groups is 1. The smallest absolute Gasteiger partial charge is 0.416 e. The van der Waals surface area contributed by atoms with Crippen LogP contribution in [0.25, 0.3) is 10.9 Å². The molecule has 3 saturated heterocycles. The molecule has 3 aromatic carbocycles. The Bertz CT molecular complexity index is 2630. The third kappa shape index (κ3) is 10.4. The summed E-state index contributed by atoms with van der Waals surface area (Å²) in [6.07, 6.45) is 0.474. The van der Waals surface area contributed by atoms with Gasteiger partial charge in [0.25, 0.3) is 5.91 Å². The van der Waals surface area contributed by atoms with Gasteiger partial charge in [-0.2, -0.15) is 13.2 Å². The van der Waals surface area contributed by atoms with Crippen LogP contribution in [0.3, 0.4) is 0 Å². The van der Waals surface area contributed by atoms with E-state index in [0.29, 0.717) is 77.1 Å². The van der Waals surface area contributed by atoms with Crippen LogP contribution >= 0.6 is 0 Å². The maximum atomic E-state index is 13.6. The van der Waals surface area contributed by atoms with Gasteiger partial charge in [-0.15, -0.1) is 0 Å². The Morgan fingerprint density at radius 2 is 1.72 bits per heavy atom. The summed E-state index contributed by atoms with van der Waals surface area (Å²) in [6, 6.07) is 11.5. The second-order valence-electron chi connectivity index (χ2n) is 19.5. The second-order valence-corrected chi connectivity index (χ2v) is 19.5. The average Bonchev–Trinajstić information content (AvgIpc) is 4.02. The Hall–Kier alpha value is -6.21. The molecule has 5 N–H and O–H groups in total. The van der Waals surface area contributed by atoms with Gasteiger partial charge in [0.05, 0.1) is 36.9 Å². The predicted octanol–water partition coefficient (Wildman–Crippen LogP) is 5.68. The van der Waals surface area contributed by atoms with Gasteiger partial charge >= 0.3 is 6.18 Å². The van der Waals surface area contributed by atoms with Crippen LogP contribution in [0.15, 0.2) is 48.5 Å². The molecular weight excluding hydrogens is 894 g/mol. The van der Waals surface area contributed by atoms with Gasteiger partial charge in [-0.1, -0.05) is 0 Å². The molecule has 19 heteroatoms. The number of hydrogen-bond acceptors (Lipinski definition) is 13. The Morgan fingerprint density at radius 3 is 2.41 bits per heavy atom. The fourth-order valence-electron chi connectivity index (χ4n) is 10.6. The summed E-state index contributed by atoms with van der Waals surface area (Å²) in [5.41, 5.74) is 8.38. The number of anilines is 3. The summed E-state index contributed by atoms with van der Waals surface area (Å²) in [5.74, 6) is 1.49. The fraction of sp³-hybridized carbons (Fsp3) is 0.520. The fourth-order valence-corrected chi connectivity index (χ4v) is 10.6. The van der Waals surface area contributed by atoms with E-state index in [0.717, 1.165) is 94.9 Å². The Balaban J connectivity index is 0.786. The van der Waals surface area contributed by atoms with Gasteiger partial charge < -0.3 is 35.6 Å². The number of amides is 4. The summed E-state index contributed by atoms with van der Waals surface area (Å²) < 4.78 is 53.3. The van der Waals surface area contributed by atoms with Crippen molar-refractivity contribution in [2.24, 2.45) is 11.3 Å². The predicted molar refractivity (Wildman–Crippen MR) is 254 cm³/mol. The van der Waals surface area contributed by atoms with Crippen molar-refractivity contribution in [1.82, 2.24) is 35.3 Å². The molecule has 4 fully saturated rings. The quantitative estimate of drug-likeness (QED) is 0.0844. The highest BCUT2D eigenvalue weighted by Crippen LogP contribution is 2.51. The number of nitrogen functional groups attached to an aromatic ring is 1. The maximum Gasteiger partial charge on any atom is 0.416 e. The number of nitrogens with zero attached hydrogens (tertiary/aromatic N) is 6. The third-order valence-corrected chi connectivity index (χ3v) is 14.8. The number of benzene rings is 3. The first-order valence-electron chi connectivity index (χ1n) is 23.9. The first-order chi connectivity index (χ1) is 33.0. The minimum absolute atomic E-state index is 0.00128. The molecule has 1 saturated carbocycles. The molecule has 4 aromatic rings. The Morgan fingerprint density at radius 1 is 0.971 bits per heavy atom. The van der Waals surface area contributed by atoms with Crippen molar-refractivity contribution >= 4 is 51.7 Å². The highest BCUT2D eigenvalue weighted by atomic mass is 19.4. The van der Waals surface area contributed by atoms with Crippen LogP contribution in [0.1, 0.15) is 90.8 Å². The van der Waals surface area contributed by atoms with Gasteiger partial charge in [0, 0.05) is 86.5 Å². The lowest BCUT2D eigenvalue weighted by Gasteiger charge is -2.41. The number of aromatic nitrogens is 2. The monoisotopic (exact) mass is 954 g/mol. The number of rotatable bonds is 15. The summed E-state index contributed by atoms with van der Waals surface area (Å²) >= 11 is 0. The number of piperazine rings is 1. The number of ether oxygens (including phenoxy) is 2. The molecule has 2 unspecified atom stereocenters. The molecule has 16 nitrogen and oxygen atoms in total. The first kappa shape index (κ1) is 47.8. The van der Waals surface area contributed by atoms with Gasteiger partial charge in [0.2, 0.25) is 17.7 Å². The number of methoxy groups -OCH3 is 1. The zero-order valence-corrected chi connectivity index (χ0v) is 39.6. The minimum Gasteiger partial charge on any atom is -0.493 e. The van der Waals surface area contributed by atoms with Gasteiger partial charge in [-0.05, 0) is 125 Å². The number of nitrogens with one attached hydrogen (secondary N) is 3. The number of likely N-dealkylation sites (tertiary alicyclic amines) is 1. The molecule has 9 rings (SSSR count). The number of aryl methyl sites for hydroxylation is 1. The molecule has 4 aliphatic heterocycles. The first-order valence-corrected chi connectivity index (χ1v) is 23.9. The van der Waals surface area contributed by atoms with Gasteiger partial charge in [-0.3, -0.25) is 34.3 Å². The number of carbonyl (C=O) groups excluding carboxylic acids is 4. The van der Waals surface area contributed by atoms with Crippen molar-refractivity contribution in [3.05, 3.63) is 76.6 Å². The molecule has 368 valence electrons. The second kappa shape index (κ2) is 19.3. The van der Waals surface area contributed by atoms with E-state index in [1.807, 2.05) is 12.1 Å². The van der Waals surface area contributed by atoms with Crippen molar-refractivity contribution in [2.45, 2.75) is 89.6 Å². The highest BCUT2D eigenvalue weighted by molar-refractivity contribution is 6.05. The van der Waals surface area contributed by atoms with E-state index < -0.39 is 29.7 Å². The van der Waals surface area contributed by atoms with Crippen molar-refractivity contribution in [3.63, 3.8) is 0 Å². The zero-order chi connectivity index (χ0) is 48.8. The molecule has 4 amide bonds. The lowest BCUT2D eigenvalue weighted by Crippen LogP contribution is -2.52. The number of carbonyl (C=O) groups is 4. The molecule has 1 aliphatic carbocycles. The molecule has 0 spiro atoms.